The first-order valence-corrected chi connectivity index (χ1v) is 4.85. The van der Waals surface area contributed by atoms with E-state index in [0.29, 0.717) is 6.61 Å². The van der Waals surface area contributed by atoms with Gasteiger partial charge in [-0.1, -0.05) is 30.3 Å². The molecule has 0 radical (unpaired) electrons. The molecule has 1 saturated heterocycles. The predicted molar refractivity (Wildman–Crippen MR) is 53.8 cm³/mol. The maximum Gasteiger partial charge on any atom is 0.218 e. The van der Waals surface area contributed by atoms with Gasteiger partial charge in [-0.3, -0.25) is 4.79 Å². The van der Waals surface area contributed by atoms with E-state index in [-0.39, 0.29) is 18.4 Å². The molecule has 2 atom stereocenters. The molecule has 1 fully saturated rings. The third kappa shape index (κ3) is 2.55. The normalized spacial score (nSPS) is 25.1. The fourth-order valence-corrected chi connectivity index (χ4v) is 1.49. The fourth-order valence-electron chi connectivity index (χ4n) is 1.49. The van der Waals surface area contributed by atoms with Gasteiger partial charge in [0, 0.05) is 12.5 Å². The van der Waals surface area contributed by atoms with Crippen molar-refractivity contribution < 1.29 is 14.3 Å². The second kappa shape index (κ2) is 4.42. The third-order valence-electron chi connectivity index (χ3n) is 2.12. The number of carbonyl (C=O) groups excluding carboxylic acids is 1. The van der Waals surface area contributed by atoms with Crippen LogP contribution in [0.15, 0.2) is 30.3 Å². The molecule has 1 heterocycles. The highest BCUT2D eigenvalue weighted by Crippen LogP contribution is 2.25. The van der Waals surface area contributed by atoms with Gasteiger partial charge in [-0.15, -0.1) is 0 Å². The van der Waals surface area contributed by atoms with E-state index in [9.17, 15) is 4.79 Å². The second-order valence-corrected chi connectivity index (χ2v) is 3.40. The summed E-state index contributed by atoms with van der Waals surface area (Å²) in [7, 11) is 0. The van der Waals surface area contributed by atoms with Crippen LogP contribution in [0.5, 0.6) is 0 Å². The van der Waals surface area contributed by atoms with Gasteiger partial charge in [0.1, 0.15) is 0 Å². The van der Waals surface area contributed by atoms with E-state index < -0.39 is 0 Å². The Morgan fingerprint density at radius 2 is 2.13 bits per heavy atom. The Balaban J connectivity index is 1.96. The van der Waals surface area contributed by atoms with Crippen molar-refractivity contribution in [1.29, 1.82) is 0 Å². The Bertz CT molecular complexity index is 339. The monoisotopic (exact) mass is 207 g/mol. The van der Waals surface area contributed by atoms with Crippen LogP contribution in [-0.2, 0) is 14.3 Å². The van der Waals surface area contributed by atoms with Crippen LogP contribution in [0.1, 0.15) is 18.8 Å². The molecule has 1 aliphatic rings. The van der Waals surface area contributed by atoms with Crippen LogP contribution in [0.2, 0.25) is 0 Å². The van der Waals surface area contributed by atoms with Crippen LogP contribution in [0.25, 0.3) is 0 Å². The van der Waals surface area contributed by atoms with Gasteiger partial charge >= 0.3 is 0 Å². The van der Waals surface area contributed by atoms with Crippen molar-refractivity contribution in [3.05, 3.63) is 35.9 Å². The van der Waals surface area contributed by atoms with Crippen molar-refractivity contribution in [3.8, 4) is 0 Å². The van der Waals surface area contributed by atoms with Crippen molar-refractivity contribution in [2.24, 2.45) is 0 Å². The van der Waals surface area contributed by atoms with Gasteiger partial charge < -0.3 is 14.8 Å². The lowest BCUT2D eigenvalue weighted by atomic mass is 10.2. The summed E-state index contributed by atoms with van der Waals surface area (Å²) in [6.07, 6.45) is -0.712. The standard InChI is InChI=1S/C11H13NO3/c1-8(13)12-10-7-14-11(15-10)9-5-3-2-4-6-9/h2-6,10-11H,7H2,1H3,(H,12,13). The molecule has 0 aromatic heterocycles. The Kier molecular flexibility index (Phi) is 2.99. The summed E-state index contributed by atoms with van der Waals surface area (Å²) in [5.74, 6) is -0.114. The van der Waals surface area contributed by atoms with Crippen LogP contribution in [0.4, 0.5) is 0 Å². The molecule has 1 amide bonds. The van der Waals surface area contributed by atoms with Gasteiger partial charge in [-0.2, -0.15) is 0 Å². The SMILES string of the molecule is CC(=O)NC1COC(c2ccccc2)O1. The van der Waals surface area contributed by atoms with E-state index in [0.717, 1.165) is 5.56 Å². The van der Waals surface area contributed by atoms with Crippen LogP contribution < -0.4 is 5.32 Å². The number of hydrogen-bond donors (Lipinski definition) is 1. The summed E-state index contributed by atoms with van der Waals surface area (Å²) in [4.78, 5) is 10.8. The topological polar surface area (TPSA) is 47.6 Å². The Morgan fingerprint density at radius 1 is 1.40 bits per heavy atom. The van der Waals surface area contributed by atoms with Gasteiger partial charge in [-0.25, -0.2) is 0 Å². The molecule has 2 unspecified atom stereocenters. The molecule has 2 rings (SSSR count). The van der Waals surface area contributed by atoms with Crippen molar-refractivity contribution in [1.82, 2.24) is 5.32 Å². The first-order valence-electron chi connectivity index (χ1n) is 4.85. The zero-order valence-electron chi connectivity index (χ0n) is 8.47. The largest absolute Gasteiger partial charge is 0.344 e. The molecule has 4 heteroatoms. The summed E-state index contributed by atoms with van der Waals surface area (Å²) in [5, 5.41) is 2.66. The molecule has 1 aromatic rings. The maximum atomic E-state index is 10.8. The van der Waals surface area contributed by atoms with Crippen LogP contribution in [-0.4, -0.2) is 18.7 Å². The molecule has 1 N–H and O–H groups in total. The number of rotatable bonds is 2. The van der Waals surface area contributed by atoms with E-state index in [4.69, 9.17) is 9.47 Å². The molecule has 0 saturated carbocycles. The molecule has 0 bridgehead atoms. The number of nitrogens with one attached hydrogen (secondary N) is 1. The minimum atomic E-state index is -0.372. The number of amides is 1. The average molecular weight is 207 g/mol. The van der Waals surface area contributed by atoms with E-state index in [1.165, 1.54) is 6.92 Å². The second-order valence-electron chi connectivity index (χ2n) is 3.40. The zero-order valence-corrected chi connectivity index (χ0v) is 8.47. The summed E-state index contributed by atoms with van der Waals surface area (Å²) in [6, 6.07) is 9.65. The molecule has 15 heavy (non-hydrogen) atoms. The molecule has 1 aromatic carbocycles. The molecular formula is C11H13NO3. The predicted octanol–water partition coefficient (Wildman–Crippen LogP) is 1.19. The quantitative estimate of drug-likeness (QED) is 0.792. The number of benzene rings is 1. The van der Waals surface area contributed by atoms with Crippen molar-refractivity contribution >= 4 is 5.91 Å². The van der Waals surface area contributed by atoms with E-state index in [2.05, 4.69) is 5.32 Å². The minimum absolute atomic E-state index is 0.114. The van der Waals surface area contributed by atoms with Gasteiger partial charge in [-0.05, 0) is 0 Å². The number of hydrogen-bond acceptors (Lipinski definition) is 3. The smallest absolute Gasteiger partial charge is 0.218 e. The Morgan fingerprint density at radius 3 is 2.80 bits per heavy atom. The molecule has 4 nitrogen and oxygen atoms in total. The Labute approximate surface area is 88.2 Å². The number of ether oxygens (including phenoxy) is 2. The maximum absolute atomic E-state index is 10.8. The molecule has 0 aliphatic carbocycles. The zero-order chi connectivity index (χ0) is 10.7. The molecule has 1 aliphatic heterocycles. The summed E-state index contributed by atoms with van der Waals surface area (Å²) in [5.41, 5.74) is 0.963. The molecular weight excluding hydrogens is 194 g/mol. The fraction of sp³-hybridized carbons (Fsp3) is 0.364. The molecule has 80 valence electrons. The first-order chi connectivity index (χ1) is 7.25. The highest BCUT2D eigenvalue weighted by Gasteiger charge is 2.27. The van der Waals surface area contributed by atoms with E-state index in [1.807, 2.05) is 30.3 Å². The third-order valence-corrected chi connectivity index (χ3v) is 2.12. The van der Waals surface area contributed by atoms with Gasteiger partial charge in [0.15, 0.2) is 12.5 Å². The van der Waals surface area contributed by atoms with Crippen LogP contribution in [0.3, 0.4) is 0 Å². The van der Waals surface area contributed by atoms with E-state index in [1.54, 1.807) is 0 Å². The van der Waals surface area contributed by atoms with Gasteiger partial charge in [0.05, 0.1) is 6.61 Å². The van der Waals surface area contributed by atoms with Gasteiger partial charge in [0.25, 0.3) is 0 Å². The van der Waals surface area contributed by atoms with Gasteiger partial charge in [0.2, 0.25) is 5.91 Å². The first kappa shape index (κ1) is 10.1. The lowest BCUT2D eigenvalue weighted by Gasteiger charge is -2.11. The lowest BCUT2D eigenvalue weighted by molar-refractivity contribution is -0.123. The van der Waals surface area contributed by atoms with Crippen molar-refractivity contribution in [2.75, 3.05) is 6.61 Å². The molecule has 0 spiro atoms. The summed E-state index contributed by atoms with van der Waals surface area (Å²) >= 11 is 0. The highest BCUT2D eigenvalue weighted by atomic mass is 16.7. The van der Waals surface area contributed by atoms with Crippen molar-refractivity contribution in [3.63, 3.8) is 0 Å². The van der Waals surface area contributed by atoms with Crippen LogP contribution in [0, 0.1) is 0 Å². The van der Waals surface area contributed by atoms with Crippen molar-refractivity contribution in [2.45, 2.75) is 19.4 Å². The number of carbonyl (C=O) groups is 1. The highest BCUT2D eigenvalue weighted by molar-refractivity contribution is 5.73. The van der Waals surface area contributed by atoms with Crippen LogP contribution >= 0.6 is 0 Å². The summed E-state index contributed by atoms with van der Waals surface area (Å²) < 4.78 is 10.9. The summed E-state index contributed by atoms with van der Waals surface area (Å²) in [6.45, 7) is 1.85. The minimum Gasteiger partial charge on any atom is -0.344 e. The van der Waals surface area contributed by atoms with E-state index >= 15 is 0 Å². The Hall–Kier alpha value is -1.39. The average Bonchev–Trinajstić information content (AvgIpc) is 2.67. The lowest BCUT2D eigenvalue weighted by Crippen LogP contribution is -2.34.